The van der Waals surface area contributed by atoms with Gasteiger partial charge < -0.3 is 10.6 Å². The van der Waals surface area contributed by atoms with Crippen LogP contribution in [0.25, 0.3) is 0 Å². The van der Waals surface area contributed by atoms with Crippen LogP contribution in [0, 0.1) is 0 Å². The summed E-state index contributed by atoms with van der Waals surface area (Å²) in [5.74, 6) is -0.158. The Labute approximate surface area is 145 Å². The predicted molar refractivity (Wildman–Crippen MR) is 91.4 cm³/mol. The molecule has 1 amide bonds. The highest BCUT2D eigenvalue weighted by molar-refractivity contribution is 6.68. The quantitative estimate of drug-likeness (QED) is 0.395. The molecule has 1 rings (SSSR count). The Hall–Kier alpha value is -0.350. The summed E-state index contributed by atoms with van der Waals surface area (Å²) in [4.78, 5) is 11.9. The Morgan fingerprint density at radius 3 is 2.57 bits per heavy atom. The van der Waals surface area contributed by atoms with E-state index in [2.05, 4.69) is 17.6 Å². The van der Waals surface area contributed by atoms with Gasteiger partial charge >= 0.3 is 0 Å². The van der Waals surface area contributed by atoms with E-state index in [0.29, 0.717) is 17.1 Å². The zero-order valence-electron chi connectivity index (χ0n) is 11.6. The van der Waals surface area contributed by atoms with Gasteiger partial charge in [-0.1, -0.05) is 72.2 Å². The molecule has 118 valence electrons. The van der Waals surface area contributed by atoms with Gasteiger partial charge in [0.05, 0.1) is 0 Å². The summed E-state index contributed by atoms with van der Waals surface area (Å²) >= 11 is 23.7. The lowest BCUT2D eigenvalue weighted by atomic mass is 10.2. The SMILES string of the molecule is CCCCCC(=O)N[C@@H](Nc1cccc(Cl)c1)C(Cl)(Cl)Cl. The van der Waals surface area contributed by atoms with E-state index in [1.165, 1.54) is 0 Å². The fourth-order valence-corrected chi connectivity index (χ4v) is 2.23. The van der Waals surface area contributed by atoms with Gasteiger partial charge in [-0.05, 0) is 24.6 Å². The molecule has 1 aromatic rings. The van der Waals surface area contributed by atoms with Gasteiger partial charge in [0.25, 0.3) is 0 Å². The van der Waals surface area contributed by atoms with Crippen LogP contribution < -0.4 is 10.6 Å². The van der Waals surface area contributed by atoms with Crippen molar-refractivity contribution in [1.29, 1.82) is 0 Å². The first-order valence-electron chi connectivity index (χ1n) is 6.71. The Morgan fingerprint density at radius 1 is 1.29 bits per heavy atom. The molecule has 0 bridgehead atoms. The van der Waals surface area contributed by atoms with Gasteiger partial charge in [0.1, 0.15) is 6.17 Å². The summed E-state index contributed by atoms with van der Waals surface area (Å²) in [5.41, 5.74) is 0.660. The van der Waals surface area contributed by atoms with Crippen molar-refractivity contribution in [2.75, 3.05) is 5.32 Å². The smallest absolute Gasteiger partial charge is 0.228 e. The van der Waals surface area contributed by atoms with Crippen LogP contribution in [0.15, 0.2) is 24.3 Å². The number of hydrogen-bond donors (Lipinski definition) is 2. The van der Waals surface area contributed by atoms with E-state index in [1.807, 2.05) is 0 Å². The highest BCUT2D eigenvalue weighted by atomic mass is 35.6. The molecule has 0 radical (unpaired) electrons. The molecule has 0 aliphatic rings. The minimum absolute atomic E-state index is 0.158. The lowest BCUT2D eigenvalue weighted by Crippen LogP contribution is -2.49. The minimum Gasteiger partial charge on any atom is -0.362 e. The molecule has 1 atom stereocenters. The van der Waals surface area contributed by atoms with Crippen molar-refractivity contribution in [1.82, 2.24) is 5.32 Å². The topological polar surface area (TPSA) is 41.1 Å². The third kappa shape index (κ3) is 7.46. The number of hydrogen-bond acceptors (Lipinski definition) is 2. The fourth-order valence-electron chi connectivity index (χ4n) is 1.71. The zero-order valence-corrected chi connectivity index (χ0v) is 14.7. The summed E-state index contributed by atoms with van der Waals surface area (Å²) < 4.78 is -1.68. The molecule has 2 N–H and O–H groups in total. The van der Waals surface area contributed by atoms with Crippen molar-refractivity contribution < 1.29 is 4.79 Å². The summed E-state index contributed by atoms with van der Waals surface area (Å²) in [6.45, 7) is 2.07. The van der Waals surface area contributed by atoms with Crippen LogP contribution in [0.1, 0.15) is 32.6 Å². The second-order valence-electron chi connectivity index (χ2n) is 4.65. The van der Waals surface area contributed by atoms with E-state index in [-0.39, 0.29) is 5.91 Å². The van der Waals surface area contributed by atoms with Gasteiger partial charge in [-0.2, -0.15) is 0 Å². The van der Waals surface area contributed by atoms with E-state index < -0.39 is 9.96 Å². The van der Waals surface area contributed by atoms with Crippen LogP contribution in [0.3, 0.4) is 0 Å². The Morgan fingerprint density at radius 2 is 2.00 bits per heavy atom. The van der Waals surface area contributed by atoms with Crippen LogP contribution in [-0.2, 0) is 4.79 Å². The van der Waals surface area contributed by atoms with E-state index in [1.54, 1.807) is 24.3 Å². The molecule has 0 fully saturated rings. The lowest BCUT2D eigenvalue weighted by molar-refractivity contribution is -0.121. The first kappa shape index (κ1) is 18.7. The first-order valence-corrected chi connectivity index (χ1v) is 8.22. The number of unbranched alkanes of at least 4 members (excludes halogenated alkanes) is 2. The second kappa shape index (κ2) is 8.94. The Balaban J connectivity index is 2.66. The molecular formula is C14H18Cl4N2O. The van der Waals surface area contributed by atoms with Crippen LogP contribution in [0.4, 0.5) is 5.69 Å². The summed E-state index contributed by atoms with van der Waals surface area (Å²) in [5, 5.41) is 6.22. The van der Waals surface area contributed by atoms with Crippen LogP contribution in [0.5, 0.6) is 0 Å². The highest BCUT2D eigenvalue weighted by Crippen LogP contribution is 2.31. The maximum Gasteiger partial charge on any atom is 0.228 e. The maximum absolute atomic E-state index is 11.9. The molecule has 0 heterocycles. The van der Waals surface area contributed by atoms with E-state index in [4.69, 9.17) is 46.4 Å². The van der Waals surface area contributed by atoms with Crippen LogP contribution in [-0.4, -0.2) is 15.9 Å². The molecule has 0 aliphatic heterocycles. The number of rotatable bonds is 7. The number of amides is 1. The molecule has 0 aromatic heterocycles. The van der Waals surface area contributed by atoms with Crippen LogP contribution in [0.2, 0.25) is 5.02 Å². The fraction of sp³-hybridized carbons (Fsp3) is 0.500. The third-order valence-corrected chi connectivity index (χ3v) is 3.67. The highest BCUT2D eigenvalue weighted by Gasteiger charge is 2.33. The lowest BCUT2D eigenvalue weighted by Gasteiger charge is -2.27. The Bertz CT molecular complexity index is 463. The normalized spacial score (nSPS) is 12.8. The second-order valence-corrected chi connectivity index (χ2v) is 7.46. The van der Waals surface area contributed by atoms with Gasteiger partial charge in [0, 0.05) is 17.1 Å². The molecule has 3 nitrogen and oxygen atoms in total. The molecule has 0 saturated heterocycles. The van der Waals surface area contributed by atoms with Gasteiger partial charge in [-0.3, -0.25) is 4.79 Å². The minimum atomic E-state index is -1.68. The number of anilines is 1. The van der Waals surface area contributed by atoms with Gasteiger partial charge in [0.15, 0.2) is 0 Å². The number of nitrogens with one attached hydrogen (secondary N) is 2. The average molecular weight is 372 g/mol. The average Bonchev–Trinajstić information content (AvgIpc) is 2.37. The molecule has 0 unspecified atom stereocenters. The van der Waals surface area contributed by atoms with Crippen molar-refractivity contribution in [3.8, 4) is 0 Å². The number of alkyl halides is 3. The van der Waals surface area contributed by atoms with E-state index in [9.17, 15) is 4.79 Å². The molecule has 1 aromatic carbocycles. The van der Waals surface area contributed by atoms with Crippen molar-refractivity contribution in [3.63, 3.8) is 0 Å². The van der Waals surface area contributed by atoms with E-state index >= 15 is 0 Å². The first-order chi connectivity index (χ1) is 9.82. The van der Waals surface area contributed by atoms with Gasteiger partial charge in [0.2, 0.25) is 9.70 Å². The van der Waals surface area contributed by atoms with Crippen LogP contribution >= 0.6 is 46.4 Å². The molecular weight excluding hydrogens is 354 g/mol. The van der Waals surface area contributed by atoms with Crippen molar-refractivity contribution in [2.45, 2.75) is 42.6 Å². The predicted octanol–water partition coefficient (Wildman–Crippen LogP) is 5.14. The molecule has 21 heavy (non-hydrogen) atoms. The van der Waals surface area contributed by atoms with Crippen molar-refractivity contribution in [2.24, 2.45) is 0 Å². The Kier molecular flexibility index (Phi) is 7.96. The zero-order chi connectivity index (χ0) is 15.9. The van der Waals surface area contributed by atoms with Crippen molar-refractivity contribution in [3.05, 3.63) is 29.3 Å². The van der Waals surface area contributed by atoms with E-state index in [0.717, 1.165) is 19.3 Å². The number of carbonyl (C=O) groups excluding carboxylic acids is 1. The number of carbonyl (C=O) groups is 1. The summed E-state index contributed by atoms with van der Waals surface area (Å²) in [7, 11) is 0. The summed E-state index contributed by atoms with van der Waals surface area (Å²) in [6.07, 6.45) is 2.42. The largest absolute Gasteiger partial charge is 0.362 e. The number of halogens is 4. The van der Waals surface area contributed by atoms with Gasteiger partial charge in [-0.25, -0.2) is 0 Å². The molecule has 0 aliphatic carbocycles. The summed E-state index contributed by atoms with van der Waals surface area (Å²) in [6, 6.07) is 6.97. The molecule has 7 heteroatoms. The maximum atomic E-state index is 11.9. The molecule has 0 saturated carbocycles. The third-order valence-electron chi connectivity index (χ3n) is 2.78. The van der Waals surface area contributed by atoms with Crippen molar-refractivity contribution >= 4 is 58.0 Å². The van der Waals surface area contributed by atoms with Gasteiger partial charge in [-0.15, -0.1) is 0 Å². The standard InChI is InChI=1S/C14H18Cl4N2O/c1-2-3-4-8-12(21)20-13(14(16,17)18)19-11-7-5-6-10(15)9-11/h5-7,9,13,19H,2-4,8H2,1H3,(H,20,21)/t13-/m1/s1. The molecule has 0 spiro atoms. The number of benzene rings is 1. The monoisotopic (exact) mass is 370 g/mol.